The number of benzene rings is 1. The van der Waals surface area contributed by atoms with Gasteiger partial charge < -0.3 is 15.1 Å². The molecule has 6 nitrogen and oxygen atoms in total. The standard InChI is InChI=1S/C14H17N3O3/c1-3-4-8-15-14-17-11-7-5-6-10(16-9(2)18)12(11)13(19)20-14/h5-7H,3-4,8H2,1-2H3,(H,15,17)(H,16,18). The average Bonchev–Trinajstić information content (AvgIpc) is 2.38. The SMILES string of the molecule is CCCCNc1nc2cccc(NC(C)=O)c2c(=O)o1. The maximum Gasteiger partial charge on any atom is 0.350 e. The Balaban J connectivity index is 2.41. The summed E-state index contributed by atoms with van der Waals surface area (Å²) in [6.07, 6.45) is 2.01. The van der Waals surface area contributed by atoms with Crippen molar-refractivity contribution in [3.8, 4) is 0 Å². The molecule has 1 amide bonds. The van der Waals surface area contributed by atoms with E-state index in [9.17, 15) is 9.59 Å². The summed E-state index contributed by atoms with van der Waals surface area (Å²) < 4.78 is 5.13. The summed E-state index contributed by atoms with van der Waals surface area (Å²) in [7, 11) is 0. The maximum absolute atomic E-state index is 12.0. The molecule has 2 aromatic rings. The van der Waals surface area contributed by atoms with Gasteiger partial charge in [0, 0.05) is 13.5 Å². The van der Waals surface area contributed by atoms with Crippen LogP contribution in [0.4, 0.5) is 11.7 Å². The molecular weight excluding hydrogens is 258 g/mol. The molecule has 0 aliphatic carbocycles. The van der Waals surface area contributed by atoms with Gasteiger partial charge in [0.15, 0.2) is 0 Å². The molecule has 0 atom stereocenters. The number of nitrogens with one attached hydrogen (secondary N) is 2. The maximum atomic E-state index is 12.0. The fourth-order valence-electron chi connectivity index (χ4n) is 1.86. The minimum absolute atomic E-state index is 0.205. The Labute approximate surface area is 116 Å². The van der Waals surface area contributed by atoms with Crippen molar-refractivity contribution in [2.45, 2.75) is 26.7 Å². The number of fused-ring (bicyclic) bond motifs is 1. The van der Waals surface area contributed by atoms with Gasteiger partial charge in [0.25, 0.3) is 6.01 Å². The number of unbranched alkanes of at least 4 members (excludes halogenated alkanes) is 1. The van der Waals surface area contributed by atoms with E-state index in [1.807, 2.05) is 0 Å². The van der Waals surface area contributed by atoms with E-state index < -0.39 is 5.63 Å². The molecule has 0 fully saturated rings. The number of nitrogens with zero attached hydrogens (tertiary/aromatic N) is 1. The Hall–Kier alpha value is -2.37. The van der Waals surface area contributed by atoms with Crippen LogP contribution in [0.15, 0.2) is 27.4 Å². The van der Waals surface area contributed by atoms with Crippen LogP contribution in [0.5, 0.6) is 0 Å². The van der Waals surface area contributed by atoms with Crippen molar-refractivity contribution in [2.75, 3.05) is 17.2 Å². The lowest BCUT2D eigenvalue weighted by atomic mass is 10.2. The summed E-state index contributed by atoms with van der Waals surface area (Å²) in [5.74, 6) is -0.248. The van der Waals surface area contributed by atoms with E-state index in [4.69, 9.17) is 4.42 Å². The van der Waals surface area contributed by atoms with Gasteiger partial charge in [0.05, 0.1) is 11.2 Å². The quantitative estimate of drug-likeness (QED) is 0.818. The molecular formula is C14H17N3O3. The molecule has 0 saturated carbocycles. The fraction of sp³-hybridized carbons (Fsp3) is 0.357. The Kier molecular flexibility index (Phi) is 4.34. The highest BCUT2D eigenvalue weighted by molar-refractivity contribution is 5.99. The number of rotatable bonds is 5. The van der Waals surface area contributed by atoms with Crippen LogP contribution in [0.2, 0.25) is 0 Å². The molecule has 2 rings (SSSR count). The fourth-order valence-corrected chi connectivity index (χ4v) is 1.86. The van der Waals surface area contributed by atoms with Gasteiger partial charge in [-0.1, -0.05) is 19.4 Å². The smallest absolute Gasteiger partial charge is 0.350 e. The zero-order valence-electron chi connectivity index (χ0n) is 11.5. The Morgan fingerprint density at radius 3 is 2.90 bits per heavy atom. The number of anilines is 2. The third-order valence-corrected chi connectivity index (χ3v) is 2.78. The zero-order chi connectivity index (χ0) is 14.5. The Morgan fingerprint density at radius 1 is 1.40 bits per heavy atom. The third-order valence-electron chi connectivity index (χ3n) is 2.78. The highest BCUT2D eigenvalue weighted by atomic mass is 16.4. The van der Waals surface area contributed by atoms with Gasteiger partial charge in [-0.3, -0.25) is 4.79 Å². The van der Waals surface area contributed by atoms with Crippen molar-refractivity contribution in [1.82, 2.24) is 4.98 Å². The highest BCUT2D eigenvalue weighted by Crippen LogP contribution is 2.20. The number of carbonyl (C=O) groups is 1. The van der Waals surface area contributed by atoms with Gasteiger partial charge in [-0.15, -0.1) is 0 Å². The minimum Gasteiger partial charge on any atom is -0.389 e. The van der Waals surface area contributed by atoms with Crippen molar-refractivity contribution < 1.29 is 9.21 Å². The van der Waals surface area contributed by atoms with Gasteiger partial charge in [0.2, 0.25) is 5.91 Å². The topological polar surface area (TPSA) is 84.2 Å². The van der Waals surface area contributed by atoms with E-state index in [0.29, 0.717) is 17.7 Å². The Morgan fingerprint density at radius 2 is 2.20 bits per heavy atom. The first-order valence-electron chi connectivity index (χ1n) is 6.57. The first-order valence-corrected chi connectivity index (χ1v) is 6.57. The van der Waals surface area contributed by atoms with Gasteiger partial charge in [0.1, 0.15) is 5.39 Å². The van der Waals surface area contributed by atoms with E-state index in [2.05, 4.69) is 22.5 Å². The molecule has 106 valence electrons. The van der Waals surface area contributed by atoms with Crippen molar-refractivity contribution >= 4 is 28.5 Å². The summed E-state index contributed by atoms with van der Waals surface area (Å²) in [6.45, 7) is 4.16. The van der Waals surface area contributed by atoms with Crippen LogP contribution in [0.25, 0.3) is 10.9 Å². The first kappa shape index (κ1) is 14.0. The van der Waals surface area contributed by atoms with Gasteiger partial charge in [-0.25, -0.2) is 4.79 Å². The largest absolute Gasteiger partial charge is 0.389 e. The molecule has 0 spiro atoms. The highest BCUT2D eigenvalue weighted by Gasteiger charge is 2.11. The van der Waals surface area contributed by atoms with Crippen LogP contribution in [-0.4, -0.2) is 17.4 Å². The van der Waals surface area contributed by atoms with Crippen molar-refractivity contribution in [3.63, 3.8) is 0 Å². The Bertz CT molecular complexity index is 679. The van der Waals surface area contributed by atoms with Gasteiger partial charge >= 0.3 is 5.63 Å². The van der Waals surface area contributed by atoms with Crippen LogP contribution < -0.4 is 16.3 Å². The van der Waals surface area contributed by atoms with Gasteiger partial charge in [-0.2, -0.15) is 4.98 Å². The second kappa shape index (κ2) is 6.18. The van der Waals surface area contributed by atoms with E-state index in [0.717, 1.165) is 12.8 Å². The van der Waals surface area contributed by atoms with Crippen LogP contribution in [0, 0.1) is 0 Å². The summed E-state index contributed by atoms with van der Waals surface area (Å²) in [5, 5.41) is 5.86. The number of hydrogen-bond donors (Lipinski definition) is 2. The monoisotopic (exact) mass is 275 g/mol. The second-order valence-corrected chi connectivity index (χ2v) is 4.47. The van der Waals surface area contributed by atoms with Crippen molar-refractivity contribution in [3.05, 3.63) is 28.6 Å². The van der Waals surface area contributed by atoms with E-state index >= 15 is 0 Å². The third kappa shape index (κ3) is 3.14. The molecule has 0 bridgehead atoms. The van der Waals surface area contributed by atoms with E-state index in [-0.39, 0.29) is 17.3 Å². The number of hydrogen-bond acceptors (Lipinski definition) is 5. The predicted octanol–water partition coefficient (Wildman–Crippen LogP) is 2.36. The molecule has 0 aliphatic heterocycles. The van der Waals surface area contributed by atoms with Crippen LogP contribution >= 0.6 is 0 Å². The zero-order valence-corrected chi connectivity index (χ0v) is 11.5. The van der Waals surface area contributed by atoms with Crippen molar-refractivity contribution in [2.24, 2.45) is 0 Å². The molecule has 6 heteroatoms. The lowest BCUT2D eigenvalue weighted by Gasteiger charge is -2.07. The molecule has 0 unspecified atom stereocenters. The summed E-state index contributed by atoms with van der Waals surface area (Å²) in [4.78, 5) is 27.4. The summed E-state index contributed by atoms with van der Waals surface area (Å²) in [5.41, 5.74) is 0.390. The first-order chi connectivity index (χ1) is 9.61. The van der Waals surface area contributed by atoms with Crippen LogP contribution in [-0.2, 0) is 4.79 Å². The number of carbonyl (C=O) groups excluding carboxylic acids is 1. The van der Waals surface area contributed by atoms with Crippen molar-refractivity contribution in [1.29, 1.82) is 0 Å². The number of aromatic nitrogens is 1. The van der Waals surface area contributed by atoms with Crippen LogP contribution in [0.1, 0.15) is 26.7 Å². The molecule has 0 aliphatic rings. The molecule has 2 N–H and O–H groups in total. The molecule has 1 heterocycles. The molecule has 0 radical (unpaired) electrons. The summed E-state index contributed by atoms with van der Waals surface area (Å²) in [6, 6.07) is 5.29. The van der Waals surface area contributed by atoms with E-state index in [1.54, 1.807) is 18.2 Å². The lowest BCUT2D eigenvalue weighted by molar-refractivity contribution is -0.114. The molecule has 1 aromatic heterocycles. The minimum atomic E-state index is -0.515. The predicted molar refractivity (Wildman–Crippen MR) is 78.0 cm³/mol. The lowest BCUT2D eigenvalue weighted by Crippen LogP contribution is -2.12. The van der Waals surface area contributed by atoms with E-state index in [1.165, 1.54) is 6.92 Å². The number of amides is 1. The normalized spacial score (nSPS) is 10.5. The molecule has 20 heavy (non-hydrogen) atoms. The molecule has 1 aromatic carbocycles. The van der Waals surface area contributed by atoms with Gasteiger partial charge in [-0.05, 0) is 18.6 Å². The molecule has 0 saturated heterocycles. The summed E-state index contributed by atoms with van der Waals surface area (Å²) >= 11 is 0. The van der Waals surface area contributed by atoms with Crippen LogP contribution in [0.3, 0.4) is 0 Å². The second-order valence-electron chi connectivity index (χ2n) is 4.47. The average molecular weight is 275 g/mol.